The van der Waals surface area contributed by atoms with Crippen LogP contribution in [0.3, 0.4) is 0 Å². The second-order valence-corrected chi connectivity index (χ2v) is 17.1. The zero-order chi connectivity index (χ0) is 38.9. The van der Waals surface area contributed by atoms with Crippen molar-refractivity contribution in [2.24, 2.45) is 5.73 Å². The molecule has 0 saturated heterocycles. The van der Waals surface area contributed by atoms with Gasteiger partial charge in [-0.1, -0.05) is 219 Å². The van der Waals surface area contributed by atoms with Crippen LogP contribution in [0.1, 0.15) is 232 Å². The first-order valence-corrected chi connectivity index (χ1v) is 24.3. The van der Waals surface area contributed by atoms with E-state index in [-0.39, 0.29) is 25.7 Å². The molecule has 316 valence electrons. The fraction of sp³-hybridized carbons (Fsp3) is 0.932. The molecule has 3 atom stereocenters. The zero-order valence-electron chi connectivity index (χ0n) is 35.0. The summed E-state index contributed by atoms with van der Waals surface area (Å²) in [4.78, 5) is 22.7. The van der Waals surface area contributed by atoms with Crippen LogP contribution in [-0.4, -0.2) is 47.8 Å². The summed E-state index contributed by atoms with van der Waals surface area (Å²) in [5, 5.41) is 13.7. The number of allylic oxidation sites excluding steroid dienone is 1. The Kier molecular flexibility index (Phi) is 40.3. The Labute approximate surface area is 328 Å². The molecule has 8 nitrogen and oxygen atoms in total. The van der Waals surface area contributed by atoms with Gasteiger partial charge >= 0.3 is 7.82 Å². The van der Waals surface area contributed by atoms with Crippen molar-refractivity contribution in [2.75, 3.05) is 19.8 Å². The van der Waals surface area contributed by atoms with Crippen molar-refractivity contribution >= 4 is 13.7 Å². The van der Waals surface area contributed by atoms with Crippen LogP contribution < -0.4 is 11.1 Å². The highest BCUT2D eigenvalue weighted by atomic mass is 31.2. The smallest absolute Gasteiger partial charge is 0.387 e. The van der Waals surface area contributed by atoms with Crippen molar-refractivity contribution in [3.8, 4) is 0 Å². The number of rotatable bonds is 43. The van der Waals surface area contributed by atoms with E-state index in [4.69, 9.17) is 14.8 Å². The average molecular weight is 773 g/mol. The number of amides is 1. The molecule has 0 rings (SSSR count). The van der Waals surface area contributed by atoms with Gasteiger partial charge in [-0.05, 0) is 19.3 Å². The molecule has 0 bridgehead atoms. The number of aliphatic hydroxyl groups excluding tert-OH is 1. The lowest BCUT2D eigenvalue weighted by Crippen LogP contribution is -2.45. The van der Waals surface area contributed by atoms with Gasteiger partial charge in [0.05, 0.1) is 25.4 Å². The highest BCUT2D eigenvalue weighted by Crippen LogP contribution is 2.43. The van der Waals surface area contributed by atoms with Crippen molar-refractivity contribution in [1.82, 2.24) is 5.32 Å². The van der Waals surface area contributed by atoms with Crippen LogP contribution in [0, 0.1) is 0 Å². The van der Waals surface area contributed by atoms with Crippen LogP contribution in [0.25, 0.3) is 0 Å². The number of hydrogen-bond acceptors (Lipinski definition) is 6. The summed E-state index contributed by atoms with van der Waals surface area (Å²) in [6, 6.07) is -0.854. The number of carbonyl (C=O) groups is 1. The molecule has 0 spiro atoms. The molecule has 0 fully saturated rings. The van der Waals surface area contributed by atoms with Crippen LogP contribution in [0.15, 0.2) is 12.2 Å². The van der Waals surface area contributed by atoms with E-state index in [1.165, 1.54) is 173 Å². The molecular formula is C44H89N2O6P. The van der Waals surface area contributed by atoms with Gasteiger partial charge in [-0.15, -0.1) is 0 Å². The van der Waals surface area contributed by atoms with Crippen molar-refractivity contribution in [3.63, 3.8) is 0 Å². The minimum atomic E-state index is -4.33. The standard InChI is InChI=1S/C44H89N2O6P/c1-3-5-7-9-11-13-15-17-18-19-20-21-22-23-24-26-27-29-31-33-35-37-43(47)42(41-52-53(49,50)51-40-39-45)46-44(48)38-36-34-32-30-28-25-16-14-12-10-8-6-4-2/h35,37,42-43,47H,3-34,36,38-41,45H2,1-2H3,(H,46,48)(H,49,50)/b37-35+. The quantitative estimate of drug-likeness (QED) is 0.0276. The Balaban J connectivity index is 4.12. The fourth-order valence-corrected chi connectivity index (χ4v) is 7.66. The van der Waals surface area contributed by atoms with E-state index >= 15 is 0 Å². The van der Waals surface area contributed by atoms with Crippen LogP contribution >= 0.6 is 7.82 Å². The Morgan fingerprint density at radius 3 is 1.34 bits per heavy atom. The molecule has 0 aliphatic rings. The molecule has 0 aliphatic heterocycles. The maximum absolute atomic E-state index is 12.7. The molecule has 5 N–H and O–H groups in total. The maximum Gasteiger partial charge on any atom is 0.472 e. The number of hydrogen-bond donors (Lipinski definition) is 4. The van der Waals surface area contributed by atoms with E-state index < -0.39 is 20.0 Å². The third-order valence-corrected chi connectivity index (χ3v) is 11.3. The number of nitrogens with two attached hydrogens (primary N) is 1. The molecule has 53 heavy (non-hydrogen) atoms. The normalized spacial score (nSPS) is 14.1. The molecule has 0 radical (unpaired) electrons. The van der Waals surface area contributed by atoms with E-state index in [0.717, 1.165) is 38.5 Å². The number of aliphatic hydroxyl groups is 1. The van der Waals surface area contributed by atoms with Gasteiger partial charge in [-0.3, -0.25) is 13.8 Å². The monoisotopic (exact) mass is 773 g/mol. The third-order valence-electron chi connectivity index (χ3n) is 10.4. The summed E-state index contributed by atoms with van der Waals surface area (Å²) >= 11 is 0. The lowest BCUT2D eigenvalue weighted by Gasteiger charge is -2.23. The van der Waals surface area contributed by atoms with Crippen molar-refractivity contribution < 1.29 is 28.4 Å². The minimum absolute atomic E-state index is 0.0814. The van der Waals surface area contributed by atoms with Gasteiger partial charge < -0.3 is 21.1 Å². The van der Waals surface area contributed by atoms with Gasteiger partial charge in [-0.25, -0.2) is 4.57 Å². The highest BCUT2D eigenvalue weighted by Gasteiger charge is 2.26. The van der Waals surface area contributed by atoms with E-state index in [0.29, 0.717) is 6.42 Å². The topological polar surface area (TPSA) is 131 Å². The Morgan fingerprint density at radius 1 is 0.604 bits per heavy atom. The van der Waals surface area contributed by atoms with Crippen molar-refractivity contribution in [3.05, 3.63) is 12.2 Å². The van der Waals surface area contributed by atoms with Crippen LogP contribution in [0.2, 0.25) is 0 Å². The second-order valence-electron chi connectivity index (χ2n) is 15.6. The molecule has 0 aromatic carbocycles. The summed E-state index contributed by atoms with van der Waals surface area (Å²) in [5.74, 6) is -0.191. The van der Waals surface area contributed by atoms with E-state index in [1.807, 2.05) is 6.08 Å². The predicted octanol–water partition coefficient (Wildman–Crippen LogP) is 12.8. The summed E-state index contributed by atoms with van der Waals surface area (Å²) in [5.41, 5.74) is 5.37. The third kappa shape index (κ3) is 39.3. The first-order chi connectivity index (χ1) is 25.9. The first kappa shape index (κ1) is 52.2. The number of phosphoric ester groups is 1. The molecule has 3 unspecified atom stereocenters. The molecule has 0 saturated carbocycles. The molecule has 0 aliphatic carbocycles. The van der Waals surface area contributed by atoms with Gasteiger partial charge in [0.15, 0.2) is 0 Å². The van der Waals surface area contributed by atoms with Gasteiger partial charge in [0.1, 0.15) is 0 Å². The molecule has 9 heteroatoms. The lowest BCUT2D eigenvalue weighted by molar-refractivity contribution is -0.123. The van der Waals surface area contributed by atoms with Gasteiger partial charge in [0.25, 0.3) is 0 Å². The Hall–Kier alpha value is -0.760. The molecule has 0 aromatic rings. The Bertz CT molecular complexity index is 845. The van der Waals surface area contributed by atoms with Gasteiger partial charge in [0.2, 0.25) is 5.91 Å². The largest absolute Gasteiger partial charge is 0.472 e. The number of nitrogens with one attached hydrogen (secondary N) is 1. The summed E-state index contributed by atoms with van der Waals surface area (Å²) in [6.07, 6.45) is 45.5. The fourth-order valence-electron chi connectivity index (χ4n) is 6.90. The van der Waals surface area contributed by atoms with Crippen molar-refractivity contribution in [1.29, 1.82) is 0 Å². The van der Waals surface area contributed by atoms with E-state index in [9.17, 15) is 19.4 Å². The minimum Gasteiger partial charge on any atom is -0.387 e. The summed E-state index contributed by atoms with van der Waals surface area (Å²) in [7, 11) is -4.33. The summed E-state index contributed by atoms with van der Waals surface area (Å²) in [6.45, 7) is 4.16. The molecular weight excluding hydrogens is 683 g/mol. The SMILES string of the molecule is CCCCCCCCCCCCCCCCCCCCC/C=C/C(O)C(COP(=O)(O)OCCN)NC(=O)CCCCCCCCCCCCCCC. The van der Waals surface area contributed by atoms with E-state index in [2.05, 4.69) is 19.2 Å². The van der Waals surface area contributed by atoms with Crippen molar-refractivity contribution in [2.45, 2.75) is 244 Å². The lowest BCUT2D eigenvalue weighted by atomic mass is 10.0. The van der Waals surface area contributed by atoms with E-state index in [1.54, 1.807) is 6.08 Å². The summed E-state index contributed by atoms with van der Waals surface area (Å²) < 4.78 is 22.1. The second kappa shape index (κ2) is 40.9. The van der Waals surface area contributed by atoms with Crippen LogP contribution in [-0.2, 0) is 18.4 Å². The Morgan fingerprint density at radius 2 is 0.962 bits per heavy atom. The average Bonchev–Trinajstić information content (AvgIpc) is 3.14. The number of carbonyl (C=O) groups excluding carboxylic acids is 1. The maximum atomic E-state index is 12.7. The zero-order valence-corrected chi connectivity index (χ0v) is 35.9. The van der Waals surface area contributed by atoms with Gasteiger partial charge in [0, 0.05) is 13.0 Å². The first-order valence-electron chi connectivity index (χ1n) is 22.8. The van der Waals surface area contributed by atoms with Crippen LogP contribution in [0.5, 0.6) is 0 Å². The number of phosphoric acid groups is 1. The van der Waals surface area contributed by atoms with Gasteiger partial charge in [-0.2, -0.15) is 0 Å². The number of unbranched alkanes of at least 4 members (excludes halogenated alkanes) is 31. The highest BCUT2D eigenvalue weighted by molar-refractivity contribution is 7.47. The molecule has 1 amide bonds. The predicted molar refractivity (Wildman–Crippen MR) is 226 cm³/mol. The molecule has 0 heterocycles. The van der Waals surface area contributed by atoms with Crippen LogP contribution in [0.4, 0.5) is 0 Å². The molecule has 0 aromatic heterocycles.